The summed E-state index contributed by atoms with van der Waals surface area (Å²) in [6.45, 7) is 8.24. The second-order valence-electron chi connectivity index (χ2n) is 15.7. The average Bonchev–Trinajstić information content (AvgIpc) is 3.80. The number of alkyl halides is 1. The summed E-state index contributed by atoms with van der Waals surface area (Å²) in [7, 11) is -6.30. The molecule has 58 heavy (non-hydrogen) atoms. The van der Waals surface area contributed by atoms with Crippen molar-refractivity contribution < 1.29 is 51.0 Å². The van der Waals surface area contributed by atoms with Gasteiger partial charge < -0.3 is 38.1 Å². The lowest BCUT2D eigenvalue weighted by Crippen LogP contribution is -2.50. The molecule has 2 fully saturated rings. The molecule has 1 amide bonds. The van der Waals surface area contributed by atoms with E-state index in [0.29, 0.717) is 5.82 Å². The number of rotatable bonds is 18. The van der Waals surface area contributed by atoms with Crippen LogP contribution in [-0.4, -0.2) is 110 Å². The lowest BCUT2D eigenvalue weighted by Gasteiger charge is -2.41. The van der Waals surface area contributed by atoms with Crippen LogP contribution in [0.15, 0.2) is 29.7 Å². The molecule has 1 aliphatic heterocycles. The molecule has 1 saturated carbocycles. The average molecular weight is 890 g/mol. The highest BCUT2D eigenvalue weighted by molar-refractivity contribution is 8.07. The number of amides is 1. The van der Waals surface area contributed by atoms with Crippen LogP contribution in [-0.2, 0) is 48.4 Å². The number of fused-ring (bicyclic) bond motifs is 1. The van der Waals surface area contributed by atoms with Gasteiger partial charge >= 0.3 is 15.0 Å². The van der Waals surface area contributed by atoms with Crippen LogP contribution >= 0.6 is 15.0 Å². The number of carbonyl (C=O) groups excluding carboxylic acids is 1. The Kier molecular flexibility index (Phi) is 15.1. The maximum Gasteiger partial charge on any atom is 0.327 e. The number of hydrogen-bond donors (Lipinski definition) is 5. The zero-order valence-electron chi connectivity index (χ0n) is 33.0. The normalized spacial score (nSPS) is 26.7. The van der Waals surface area contributed by atoms with Crippen molar-refractivity contribution in [2.24, 2.45) is 11.8 Å². The highest BCUT2D eigenvalue weighted by Gasteiger charge is 2.54. The van der Waals surface area contributed by atoms with Gasteiger partial charge in [0.05, 0.1) is 44.7 Å². The number of aliphatic hydroxyl groups is 1. The summed E-state index contributed by atoms with van der Waals surface area (Å²) < 4.78 is 66.5. The van der Waals surface area contributed by atoms with Gasteiger partial charge in [-0.1, -0.05) is 34.6 Å². The molecule has 10 atom stereocenters. The summed E-state index contributed by atoms with van der Waals surface area (Å²) in [6.07, 6.45) is -3.75. The third-order valence-corrected chi connectivity index (χ3v) is 17.5. The lowest BCUT2D eigenvalue weighted by molar-refractivity contribution is -0.118. The van der Waals surface area contributed by atoms with Crippen LogP contribution in [0.5, 0.6) is 0 Å². The first kappa shape index (κ1) is 46.0. The summed E-state index contributed by atoms with van der Waals surface area (Å²) in [6, 6.07) is 2.61. The Bertz CT molecular complexity index is 2070. The highest BCUT2D eigenvalue weighted by atomic mass is 32.5. The van der Waals surface area contributed by atoms with Crippen molar-refractivity contribution in [1.82, 2.24) is 29.5 Å². The number of carbonyl (C=O) groups is 1. The van der Waals surface area contributed by atoms with Gasteiger partial charge in [0.2, 0.25) is 11.9 Å². The molecule has 2 aliphatic rings. The topological polar surface area (TPSA) is 267 Å². The predicted octanol–water partition coefficient (Wildman–Crippen LogP) is 3.95. The van der Waals surface area contributed by atoms with E-state index in [0.717, 1.165) is 0 Å². The number of halogens is 1. The Morgan fingerprint density at radius 3 is 2.64 bits per heavy atom. The largest absolute Gasteiger partial charge is 0.408 e. The minimum Gasteiger partial charge on any atom is -0.408 e. The van der Waals surface area contributed by atoms with Gasteiger partial charge in [-0.3, -0.25) is 33.5 Å². The zero-order valence-corrected chi connectivity index (χ0v) is 36.7. The molecule has 5 rings (SSSR count). The molecule has 25 heteroatoms. The molecule has 0 spiro atoms. The highest BCUT2D eigenvalue weighted by Crippen LogP contribution is 2.56. The maximum absolute atomic E-state index is 15.9. The number of H-pyrrole nitrogens is 1. The number of hydrogen-bond acceptors (Lipinski definition) is 17. The Balaban J connectivity index is 1.53. The summed E-state index contributed by atoms with van der Waals surface area (Å²) in [4.78, 5) is 54.6. The first-order valence-electron chi connectivity index (χ1n) is 18.5. The molecule has 3 aromatic rings. The molecule has 0 aromatic carbocycles. The van der Waals surface area contributed by atoms with E-state index in [9.17, 15) is 29.4 Å². The monoisotopic (exact) mass is 889 g/mol. The minimum atomic E-state index is -4.02. The fourth-order valence-electron chi connectivity index (χ4n) is 6.14. The second kappa shape index (κ2) is 19.1. The van der Waals surface area contributed by atoms with E-state index < -0.39 is 96.1 Å². The molecular formula is C33H50FN9O11P2SSi. The van der Waals surface area contributed by atoms with Crippen LogP contribution < -0.4 is 16.2 Å². The number of nitriles is 1. The number of imidazole rings is 1. The number of aromatic amines is 1. The number of ether oxygens (including phenoxy) is 1. The molecule has 20 nitrogen and oxygen atoms in total. The molecule has 1 aliphatic carbocycles. The van der Waals surface area contributed by atoms with E-state index in [1.54, 1.807) is 13.8 Å². The van der Waals surface area contributed by atoms with Crippen molar-refractivity contribution >= 4 is 63.9 Å². The Hall–Kier alpha value is -3.10. The summed E-state index contributed by atoms with van der Waals surface area (Å²) in [5.74, 6) is -1.51. The van der Waals surface area contributed by atoms with Crippen molar-refractivity contribution in [3.05, 3.63) is 35.3 Å². The van der Waals surface area contributed by atoms with E-state index >= 15 is 4.39 Å². The lowest BCUT2D eigenvalue weighted by atomic mass is 10.1. The van der Waals surface area contributed by atoms with Gasteiger partial charge in [0.25, 0.3) is 5.56 Å². The zero-order chi connectivity index (χ0) is 42.6. The minimum absolute atomic E-state index is 0.00733. The first-order valence-corrected chi connectivity index (χ1v) is 25.2. The van der Waals surface area contributed by atoms with Crippen LogP contribution in [0, 0.1) is 23.2 Å². The molecule has 0 bridgehead atoms. The molecular weight excluding hydrogens is 840 g/mol. The summed E-state index contributed by atoms with van der Waals surface area (Å²) in [5.41, 5.74) is -0.759. The van der Waals surface area contributed by atoms with Crippen molar-refractivity contribution in [2.45, 2.75) is 108 Å². The molecule has 5 N–H and O–H groups in total. The van der Waals surface area contributed by atoms with Gasteiger partial charge in [0.15, 0.2) is 25.7 Å². The van der Waals surface area contributed by atoms with Crippen molar-refractivity contribution in [3.8, 4) is 6.07 Å². The van der Waals surface area contributed by atoms with Gasteiger partial charge in [0, 0.05) is 18.0 Å². The molecule has 1 saturated heterocycles. The van der Waals surface area contributed by atoms with E-state index in [4.69, 9.17) is 39.1 Å². The third-order valence-electron chi connectivity index (χ3n) is 10.2. The van der Waals surface area contributed by atoms with E-state index in [1.165, 1.54) is 29.5 Å². The van der Waals surface area contributed by atoms with Crippen molar-refractivity contribution in [1.29, 1.82) is 5.26 Å². The van der Waals surface area contributed by atoms with Gasteiger partial charge in [-0.2, -0.15) is 10.2 Å². The van der Waals surface area contributed by atoms with Crippen LogP contribution in [0.3, 0.4) is 0 Å². The molecule has 2 unspecified atom stereocenters. The van der Waals surface area contributed by atoms with E-state index in [1.807, 2.05) is 39.9 Å². The third kappa shape index (κ3) is 10.8. The smallest absolute Gasteiger partial charge is 0.327 e. The van der Waals surface area contributed by atoms with Gasteiger partial charge in [-0.25, -0.2) is 19.3 Å². The second-order valence-corrected chi connectivity index (χ2v) is 24.1. The van der Waals surface area contributed by atoms with Crippen LogP contribution in [0.4, 0.5) is 16.2 Å². The predicted molar refractivity (Wildman–Crippen MR) is 215 cm³/mol. The summed E-state index contributed by atoms with van der Waals surface area (Å²) >= 11 is 5.97. The SMILES string of the molecule is CC(C)C(=O)Nc1nc2c(ncn2[C@@H]2O[C@H](CO)[C@@H](O[Si](C)(C)C(C)(C)C)[C@H]2OP(=S)(OCCC#N)OC[C@H]2C[C@@H](Nc3ccncn3)[C@H](F)[C@@H]2O[PH](=O)O)c(=O)[nH]1. The number of aromatic nitrogens is 6. The maximum atomic E-state index is 15.9. The van der Waals surface area contributed by atoms with E-state index in [-0.39, 0.29) is 48.2 Å². The van der Waals surface area contributed by atoms with Gasteiger partial charge in [-0.15, -0.1) is 0 Å². The van der Waals surface area contributed by atoms with Crippen LogP contribution in [0.25, 0.3) is 11.2 Å². The molecule has 320 valence electrons. The Labute approximate surface area is 340 Å². The fourth-order valence-corrected chi connectivity index (χ4v) is 10.1. The van der Waals surface area contributed by atoms with Crippen molar-refractivity contribution in [2.75, 3.05) is 30.5 Å². The number of aliphatic hydroxyl groups excluding tert-OH is 1. The first-order chi connectivity index (χ1) is 27.3. The van der Waals surface area contributed by atoms with Gasteiger partial charge in [-0.05, 0) is 42.4 Å². The standard InChI is InChI=1S/C33H50FN9O11P2SSi/c1-18(2)29(45)41-32-40-28-24(30(46)42-32)38-17-43(28)31-27(26(21(14-44)51-31)54-58(6,7)33(3,4)5)53-56(57,49-12-8-10-35)50-15-19-13-20(23(34)25(19)52-55(47)48)39-22-9-11-36-16-37-22/h9,11,16-21,23,25-27,31,44,55H,8,12-15H2,1-7H3,(H,47,48)(H,36,37,39)(H2,40,41,42,45,46)/t19-,20-,21-,23+,25-,26-,27-,31-,56?/m1/s1. The molecule has 4 heterocycles. The van der Waals surface area contributed by atoms with Crippen LogP contribution in [0.2, 0.25) is 18.1 Å². The Morgan fingerprint density at radius 2 is 2.02 bits per heavy atom. The number of anilines is 2. The molecule has 0 radical (unpaired) electrons. The molecule has 3 aromatic heterocycles. The summed E-state index contributed by atoms with van der Waals surface area (Å²) in [5, 5.41) is 25.3. The van der Waals surface area contributed by atoms with Crippen LogP contribution in [0.1, 0.15) is 53.7 Å². The van der Waals surface area contributed by atoms with E-state index in [2.05, 4.69) is 35.6 Å². The Morgan fingerprint density at radius 1 is 1.28 bits per heavy atom. The number of nitrogens with zero attached hydrogens (tertiary/aromatic N) is 6. The van der Waals surface area contributed by atoms with Crippen molar-refractivity contribution in [3.63, 3.8) is 0 Å². The fraction of sp³-hybridized carbons (Fsp3) is 0.667. The quantitative estimate of drug-likeness (QED) is 0.0687. The van der Waals surface area contributed by atoms with Gasteiger partial charge in [0.1, 0.15) is 42.7 Å². The number of nitrogens with one attached hydrogen (secondary N) is 3.